The van der Waals surface area contributed by atoms with Gasteiger partial charge < -0.3 is 19.4 Å². The van der Waals surface area contributed by atoms with Gasteiger partial charge in [0.1, 0.15) is 23.7 Å². The lowest BCUT2D eigenvalue weighted by atomic mass is 9.95. The lowest BCUT2D eigenvalue weighted by Gasteiger charge is -2.36. The normalized spacial score (nSPS) is 15.6. The highest BCUT2D eigenvalue weighted by Crippen LogP contribution is 2.34. The van der Waals surface area contributed by atoms with Gasteiger partial charge in [-0.05, 0) is 57.6 Å². The molecule has 0 radical (unpaired) electrons. The molecule has 1 aromatic heterocycles. The zero-order valence-corrected chi connectivity index (χ0v) is 18.0. The summed E-state index contributed by atoms with van der Waals surface area (Å²) in [4.78, 5) is 15.4. The molecule has 1 fully saturated rings. The fourth-order valence-electron chi connectivity index (χ4n) is 4.46. The summed E-state index contributed by atoms with van der Waals surface area (Å²) in [5.41, 5.74) is 2.45. The van der Waals surface area contributed by atoms with Gasteiger partial charge in [-0.15, -0.1) is 0 Å². The van der Waals surface area contributed by atoms with Crippen molar-refractivity contribution in [2.24, 2.45) is 0 Å². The summed E-state index contributed by atoms with van der Waals surface area (Å²) in [5, 5.41) is 3.97. The number of ether oxygens (including phenoxy) is 1. The van der Waals surface area contributed by atoms with E-state index in [0.717, 1.165) is 29.5 Å². The Morgan fingerprint density at radius 3 is 2.57 bits per heavy atom. The van der Waals surface area contributed by atoms with E-state index in [1.54, 1.807) is 0 Å². The molecule has 3 aromatic rings. The lowest BCUT2D eigenvalue weighted by molar-refractivity contribution is 0.0900. The van der Waals surface area contributed by atoms with Crippen LogP contribution in [0.4, 0.5) is 0 Å². The summed E-state index contributed by atoms with van der Waals surface area (Å²) in [6.45, 7) is 2.97. The number of nitrogens with zero attached hydrogens (tertiary/aromatic N) is 1. The number of amides is 1. The molecule has 0 bridgehead atoms. The van der Waals surface area contributed by atoms with Crippen molar-refractivity contribution in [2.45, 2.75) is 44.8 Å². The van der Waals surface area contributed by atoms with Crippen molar-refractivity contribution in [3.8, 4) is 5.75 Å². The third-order valence-electron chi connectivity index (χ3n) is 6.37. The summed E-state index contributed by atoms with van der Waals surface area (Å²) in [6.07, 6.45) is 4.65. The molecule has 0 spiro atoms. The van der Waals surface area contributed by atoms with Crippen LogP contribution >= 0.6 is 0 Å². The van der Waals surface area contributed by atoms with Gasteiger partial charge in [0, 0.05) is 17.5 Å². The zero-order valence-electron chi connectivity index (χ0n) is 18.0. The molecule has 2 aromatic carbocycles. The van der Waals surface area contributed by atoms with Crippen LogP contribution in [0.15, 0.2) is 52.9 Å². The summed E-state index contributed by atoms with van der Waals surface area (Å²) < 4.78 is 11.8. The first kappa shape index (κ1) is 20.5. The Labute approximate surface area is 178 Å². The molecule has 5 heteroatoms. The number of rotatable bonds is 7. The average Bonchev–Trinajstić information content (AvgIpc) is 3.35. The molecule has 158 valence electrons. The molecule has 4 rings (SSSR count). The highest BCUT2D eigenvalue weighted by Gasteiger charge is 2.36. The van der Waals surface area contributed by atoms with Crippen molar-refractivity contribution < 1.29 is 13.9 Å². The SMILES string of the molecule is Cc1oc2ccc(OCc3ccccc3)cc2c1C(=O)NCC1(N(C)C)CCCC1. The second-order valence-corrected chi connectivity index (χ2v) is 8.47. The van der Waals surface area contributed by atoms with E-state index in [1.807, 2.05) is 55.5 Å². The Bertz CT molecular complexity index is 1020. The largest absolute Gasteiger partial charge is 0.489 e. The van der Waals surface area contributed by atoms with Crippen molar-refractivity contribution in [1.82, 2.24) is 10.2 Å². The monoisotopic (exact) mass is 406 g/mol. The van der Waals surface area contributed by atoms with E-state index in [2.05, 4.69) is 24.3 Å². The Kier molecular flexibility index (Phi) is 5.82. The van der Waals surface area contributed by atoms with Gasteiger partial charge in [0.05, 0.1) is 5.56 Å². The van der Waals surface area contributed by atoms with E-state index >= 15 is 0 Å². The van der Waals surface area contributed by atoms with Gasteiger partial charge in [0.25, 0.3) is 5.91 Å². The lowest BCUT2D eigenvalue weighted by Crippen LogP contribution is -2.50. The van der Waals surface area contributed by atoms with Crippen molar-refractivity contribution in [2.75, 3.05) is 20.6 Å². The summed E-state index contributed by atoms with van der Waals surface area (Å²) in [5.74, 6) is 1.27. The van der Waals surface area contributed by atoms with Crippen LogP contribution in [0.5, 0.6) is 5.75 Å². The molecule has 1 saturated carbocycles. The van der Waals surface area contributed by atoms with Crippen LogP contribution in [0, 0.1) is 6.92 Å². The Balaban J connectivity index is 1.52. The van der Waals surface area contributed by atoms with Gasteiger partial charge in [-0.3, -0.25) is 4.79 Å². The van der Waals surface area contributed by atoms with Crippen molar-refractivity contribution in [1.29, 1.82) is 0 Å². The second kappa shape index (κ2) is 8.52. The minimum absolute atomic E-state index is 0.0487. The minimum atomic E-state index is -0.0837. The maximum atomic E-state index is 13.1. The number of furan rings is 1. The van der Waals surface area contributed by atoms with E-state index in [0.29, 0.717) is 30.1 Å². The second-order valence-electron chi connectivity index (χ2n) is 8.47. The molecule has 0 atom stereocenters. The minimum Gasteiger partial charge on any atom is -0.489 e. The number of likely N-dealkylation sites (N-methyl/N-ethyl adjacent to an activating group) is 1. The van der Waals surface area contributed by atoms with Gasteiger partial charge >= 0.3 is 0 Å². The molecule has 30 heavy (non-hydrogen) atoms. The van der Waals surface area contributed by atoms with Gasteiger partial charge in [0.2, 0.25) is 0 Å². The first-order valence-electron chi connectivity index (χ1n) is 10.6. The quantitative estimate of drug-likeness (QED) is 0.605. The maximum absolute atomic E-state index is 13.1. The smallest absolute Gasteiger partial charge is 0.255 e. The number of aryl methyl sites for hydroxylation is 1. The number of benzene rings is 2. The first-order valence-corrected chi connectivity index (χ1v) is 10.6. The topological polar surface area (TPSA) is 54.7 Å². The molecule has 1 heterocycles. The maximum Gasteiger partial charge on any atom is 0.255 e. The molecule has 1 aliphatic rings. The predicted octanol–water partition coefficient (Wildman–Crippen LogP) is 4.92. The number of hydrogen-bond acceptors (Lipinski definition) is 4. The number of carbonyl (C=O) groups excluding carboxylic acids is 1. The molecule has 1 aliphatic carbocycles. The van der Waals surface area contributed by atoms with Crippen molar-refractivity contribution >= 4 is 16.9 Å². The van der Waals surface area contributed by atoms with Crippen LogP contribution in [-0.2, 0) is 6.61 Å². The van der Waals surface area contributed by atoms with E-state index in [1.165, 1.54) is 12.8 Å². The Morgan fingerprint density at radius 2 is 1.87 bits per heavy atom. The summed E-state index contributed by atoms with van der Waals surface area (Å²) in [7, 11) is 4.21. The molecule has 1 N–H and O–H groups in total. The average molecular weight is 407 g/mol. The number of hydrogen-bond donors (Lipinski definition) is 1. The molecular formula is C25H30N2O3. The van der Waals surface area contributed by atoms with Crippen LogP contribution < -0.4 is 10.1 Å². The highest BCUT2D eigenvalue weighted by molar-refractivity contribution is 6.07. The van der Waals surface area contributed by atoms with Crippen LogP contribution in [0.3, 0.4) is 0 Å². The highest BCUT2D eigenvalue weighted by atomic mass is 16.5. The summed E-state index contributed by atoms with van der Waals surface area (Å²) in [6, 6.07) is 15.7. The first-order chi connectivity index (χ1) is 14.5. The van der Waals surface area contributed by atoms with Crippen LogP contribution in [-0.4, -0.2) is 37.0 Å². The zero-order chi connectivity index (χ0) is 21.1. The molecule has 5 nitrogen and oxygen atoms in total. The number of nitrogens with one attached hydrogen (secondary N) is 1. The van der Waals surface area contributed by atoms with Crippen LogP contribution in [0.1, 0.15) is 47.4 Å². The van der Waals surface area contributed by atoms with E-state index in [4.69, 9.17) is 9.15 Å². The Morgan fingerprint density at radius 1 is 1.13 bits per heavy atom. The number of carbonyl (C=O) groups is 1. The van der Waals surface area contributed by atoms with E-state index in [-0.39, 0.29) is 11.4 Å². The third-order valence-corrected chi connectivity index (χ3v) is 6.37. The fourth-order valence-corrected chi connectivity index (χ4v) is 4.46. The molecular weight excluding hydrogens is 376 g/mol. The third kappa shape index (κ3) is 4.08. The molecule has 0 unspecified atom stereocenters. The molecule has 0 saturated heterocycles. The van der Waals surface area contributed by atoms with Crippen molar-refractivity contribution in [3.05, 3.63) is 65.4 Å². The van der Waals surface area contributed by atoms with Gasteiger partial charge in [-0.1, -0.05) is 43.2 Å². The van der Waals surface area contributed by atoms with Gasteiger partial charge in [-0.25, -0.2) is 0 Å². The van der Waals surface area contributed by atoms with Crippen molar-refractivity contribution in [3.63, 3.8) is 0 Å². The molecule has 1 amide bonds. The number of fused-ring (bicyclic) bond motifs is 1. The van der Waals surface area contributed by atoms with Crippen LogP contribution in [0.25, 0.3) is 11.0 Å². The fraction of sp³-hybridized carbons (Fsp3) is 0.400. The van der Waals surface area contributed by atoms with Gasteiger partial charge in [0.15, 0.2) is 0 Å². The predicted molar refractivity (Wildman–Crippen MR) is 119 cm³/mol. The Hall–Kier alpha value is -2.79. The molecule has 0 aliphatic heterocycles. The summed E-state index contributed by atoms with van der Waals surface area (Å²) >= 11 is 0. The van der Waals surface area contributed by atoms with Gasteiger partial charge in [-0.2, -0.15) is 0 Å². The van der Waals surface area contributed by atoms with E-state index in [9.17, 15) is 4.79 Å². The standard InChI is InChI=1S/C25H30N2O3/c1-18-23(24(28)26-17-25(27(2)3)13-7-8-14-25)21-15-20(11-12-22(21)30-18)29-16-19-9-5-4-6-10-19/h4-6,9-12,15H,7-8,13-14,16-17H2,1-3H3,(H,26,28). The van der Waals surface area contributed by atoms with Crippen LogP contribution in [0.2, 0.25) is 0 Å². The van der Waals surface area contributed by atoms with E-state index < -0.39 is 0 Å².